The lowest BCUT2D eigenvalue weighted by molar-refractivity contribution is -0.139. The number of nitrogens with two attached hydrogens (primary N) is 7. The summed E-state index contributed by atoms with van der Waals surface area (Å²) in [7, 11) is 1.58. The molecule has 0 spiro atoms. The van der Waals surface area contributed by atoms with Crippen LogP contribution in [-0.4, -0.2) is 196 Å². The van der Waals surface area contributed by atoms with Gasteiger partial charge in [0.05, 0.1) is 53.3 Å². The molecule has 10 rings (SSSR count). The first-order chi connectivity index (χ1) is 48.6. The van der Waals surface area contributed by atoms with Crippen molar-refractivity contribution in [2.24, 2.45) is 40.1 Å². The molecular formula is C63H77N21O19. The van der Waals surface area contributed by atoms with E-state index in [1.165, 1.54) is 45.0 Å². The van der Waals surface area contributed by atoms with Crippen LogP contribution in [0.3, 0.4) is 0 Å². The van der Waals surface area contributed by atoms with Crippen LogP contribution in [0.5, 0.6) is 5.75 Å². The minimum atomic E-state index is -1.20. The van der Waals surface area contributed by atoms with Crippen molar-refractivity contribution >= 4 is 63.9 Å². The molecule has 40 heteroatoms. The largest absolute Gasteiger partial charge is 0.497 e. The highest BCUT2D eigenvalue weighted by Gasteiger charge is 2.20. The van der Waals surface area contributed by atoms with Gasteiger partial charge in [0.15, 0.2) is 0 Å². The van der Waals surface area contributed by atoms with Gasteiger partial charge in [-0.3, -0.25) is 67.7 Å². The number of benzene rings is 3. The molecule has 0 aliphatic carbocycles. The molecule has 7 aromatic heterocycles. The SMILES string of the molecule is COc1ccc2nc(CC(N)C(=O)O)[nH]c2c1.Cc1c(CC(N)C(=O)O)[nH]c(=O)[nH]c1=O.Cc1cn(CC(N)C(=O)O)c(=O)[nH]c1=O.NC(Cc1ccncn1)C(=O)O.NC(Cc1cnccn1)C(=O)O.NC(Cc1cnn(-c2ccccc2)c1)C(=O)O.NC(Cc1nc2ccccc2[nH]1)C(=O)O. The third-order valence-electron chi connectivity index (χ3n) is 13.7. The van der Waals surface area contributed by atoms with Gasteiger partial charge in [0.2, 0.25) is 0 Å². The number of aliphatic carboxylic acids is 7. The van der Waals surface area contributed by atoms with Crippen molar-refractivity contribution in [3.8, 4) is 11.4 Å². The maximum absolute atomic E-state index is 11.2. The zero-order chi connectivity index (χ0) is 76.6. The third-order valence-corrected chi connectivity index (χ3v) is 13.7. The third kappa shape index (κ3) is 28.5. The maximum atomic E-state index is 11.2. The van der Waals surface area contributed by atoms with Gasteiger partial charge in [0, 0.05) is 104 Å². The monoisotopic (exact) mass is 1430 g/mol. The van der Waals surface area contributed by atoms with Crippen LogP contribution < -0.4 is 67.4 Å². The molecule has 26 N–H and O–H groups in total. The number of methoxy groups -OCH3 is 1. The summed E-state index contributed by atoms with van der Waals surface area (Å²) in [4.78, 5) is 154. The highest BCUT2D eigenvalue weighted by Crippen LogP contribution is 2.19. The van der Waals surface area contributed by atoms with Crippen molar-refractivity contribution in [3.05, 3.63) is 216 Å². The lowest BCUT2D eigenvalue weighted by Crippen LogP contribution is -2.40. The molecule has 0 saturated heterocycles. The number of carboxylic acid groups (broad SMARTS) is 7. The number of carboxylic acids is 7. The number of hydrogen-bond acceptors (Lipinski definition) is 26. The van der Waals surface area contributed by atoms with Crippen LogP contribution >= 0.6 is 0 Å². The van der Waals surface area contributed by atoms with Crippen LogP contribution in [0.15, 0.2) is 148 Å². The van der Waals surface area contributed by atoms with E-state index in [0.717, 1.165) is 43.6 Å². The average Bonchev–Trinajstić information content (AvgIpc) is 1.70. The molecular weight excluding hydrogens is 1350 g/mol. The van der Waals surface area contributed by atoms with Gasteiger partial charge in [0.1, 0.15) is 66.0 Å². The Morgan fingerprint density at radius 1 is 0.495 bits per heavy atom. The number of ether oxygens (including phenoxy) is 1. The summed E-state index contributed by atoms with van der Waals surface area (Å²) in [5.41, 5.74) is 42.2. The molecule has 3 aromatic carbocycles. The Bertz CT molecular complexity index is 4590. The Hall–Kier alpha value is -12.9. The van der Waals surface area contributed by atoms with Crippen molar-refractivity contribution in [1.82, 2.24) is 69.2 Å². The number of H-pyrrole nitrogens is 5. The fourth-order valence-electron chi connectivity index (χ4n) is 8.14. The van der Waals surface area contributed by atoms with E-state index >= 15 is 0 Å². The van der Waals surface area contributed by atoms with E-state index in [1.54, 1.807) is 54.6 Å². The zero-order valence-electron chi connectivity index (χ0n) is 55.2. The summed E-state index contributed by atoms with van der Waals surface area (Å²) < 4.78 is 7.85. The molecule has 7 atom stereocenters. The quantitative estimate of drug-likeness (QED) is 0.0310. The van der Waals surface area contributed by atoms with Crippen molar-refractivity contribution < 1.29 is 74.0 Å². The smallest absolute Gasteiger partial charge is 0.328 e. The summed E-state index contributed by atoms with van der Waals surface area (Å²) in [6.07, 6.45) is 13.2. The van der Waals surface area contributed by atoms with E-state index in [0.29, 0.717) is 28.6 Å². The van der Waals surface area contributed by atoms with Crippen LogP contribution in [0.2, 0.25) is 0 Å². The van der Waals surface area contributed by atoms with E-state index in [2.05, 4.69) is 54.9 Å². The molecule has 0 aliphatic rings. The highest BCUT2D eigenvalue weighted by molar-refractivity contribution is 5.79. The Kier molecular flexibility index (Phi) is 32.8. The summed E-state index contributed by atoms with van der Waals surface area (Å²) in [5, 5.41) is 64.3. The lowest BCUT2D eigenvalue weighted by Gasteiger charge is -2.08. The fourth-order valence-corrected chi connectivity index (χ4v) is 8.14. The number of aromatic nitrogens is 14. The van der Waals surface area contributed by atoms with Gasteiger partial charge in [-0.25, -0.2) is 34.2 Å². The van der Waals surface area contributed by atoms with Gasteiger partial charge in [-0.2, -0.15) is 5.10 Å². The standard InChI is InChI=1S/C12H13N3O2.C11H13N3O3.C10H11N3O2.2C8H11N3O4.2C7H9N3O2/c13-11(12(16)17)6-9-7-14-15(8-9)10-4-2-1-3-5-10;1-17-6-2-3-8-9(4-6)14-10(13-8)5-7(12)11(15)16;11-6(10(14)15)5-9-12-7-3-1-2-4-8(7)13-9;1-4-2-11(3-5(9)7(13)14)8(15)10-6(4)12;1-3-5(2-4(9)7(13)14)10-8(15)11-6(3)12;8-6(7(11)12)3-5-4-9-1-2-10-5;8-6(7(11)12)3-5-1-2-9-4-10-5/h1-5,7-8,11H,6,13H2,(H,16,17);2-4,7H,5,12H2,1H3,(H,13,14)(H,15,16);1-4,6H,5,11H2,(H,12,13)(H,14,15);2,5H,3,9H2,1H3,(H,13,14)(H,10,12,15);4H,2,9H2,1H3,(H,13,14)(H2,10,11,12,15);2*1-2,4,6H,3,8H2,(H,11,12). The molecule has 548 valence electrons. The van der Waals surface area contributed by atoms with Gasteiger partial charge < -0.3 is 95.6 Å². The molecule has 0 aliphatic heterocycles. The minimum Gasteiger partial charge on any atom is -0.497 e. The predicted molar refractivity (Wildman–Crippen MR) is 366 cm³/mol. The van der Waals surface area contributed by atoms with Crippen LogP contribution in [0, 0.1) is 13.8 Å². The number of hydrogen-bond donors (Lipinski definition) is 19. The number of nitrogens with one attached hydrogen (secondary N) is 5. The van der Waals surface area contributed by atoms with Crippen molar-refractivity contribution in [2.75, 3.05) is 7.11 Å². The molecule has 0 saturated carbocycles. The number of carbonyl (C=O) groups is 7. The van der Waals surface area contributed by atoms with E-state index in [4.69, 9.17) is 80.6 Å². The minimum absolute atomic E-state index is 0.0830. The van der Waals surface area contributed by atoms with Gasteiger partial charge in [0.25, 0.3) is 11.1 Å². The van der Waals surface area contributed by atoms with E-state index in [9.17, 15) is 52.7 Å². The molecule has 7 unspecified atom stereocenters. The van der Waals surface area contributed by atoms with Crippen molar-refractivity contribution in [3.63, 3.8) is 0 Å². The average molecular weight is 1430 g/mol. The van der Waals surface area contributed by atoms with E-state index in [1.807, 2.05) is 59.6 Å². The zero-order valence-corrected chi connectivity index (χ0v) is 55.2. The van der Waals surface area contributed by atoms with Crippen LogP contribution in [0.4, 0.5) is 0 Å². The second-order valence-electron chi connectivity index (χ2n) is 21.9. The predicted octanol–water partition coefficient (Wildman–Crippen LogP) is -2.69. The van der Waals surface area contributed by atoms with Gasteiger partial charge in [-0.15, -0.1) is 0 Å². The summed E-state index contributed by atoms with van der Waals surface area (Å²) in [6, 6.07) is 17.3. The first-order valence-electron chi connectivity index (χ1n) is 30.2. The first-order valence-corrected chi connectivity index (χ1v) is 30.2. The topological polar surface area (TPSA) is 700 Å². The van der Waals surface area contributed by atoms with Crippen LogP contribution in [0.1, 0.15) is 45.4 Å². The van der Waals surface area contributed by atoms with Gasteiger partial charge >= 0.3 is 53.2 Å². The number of aryl methyl sites for hydroxylation is 1. The Labute approximate surface area is 580 Å². The molecule has 0 bridgehead atoms. The molecule has 0 radical (unpaired) electrons. The number of fused-ring (bicyclic) bond motifs is 2. The summed E-state index contributed by atoms with van der Waals surface area (Å²) in [6.45, 7) is 2.82. The van der Waals surface area contributed by atoms with E-state index in [-0.39, 0.29) is 56.3 Å². The molecule has 103 heavy (non-hydrogen) atoms. The number of imidazole rings is 2. The number of nitrogens with zero attached hydrogens (tertiary/aromatic N) is 9. The molecule has 10 aromatic rings. The lowest BCUT2D eigenvalue weighted by atomic mass is 10.1. The Morgan fingerprint density at radius 3 is 1.55 bits per heavy atom. The number of rotatable bonds is 23. The second-order valence-corrected chi connectivity index (χ2v) is 21.9. The van der Waals surface area contributed by atoms with Gasteiger partial charge in [-0.05, 0) is 61.9 Å². The van der Waals surface area contributed by atoms with Crippen molar-refractivity contribution in [1.29, 1.82) is 0 Å². The first kappa shape index (κ1) is 82.6. The summed E-state index contributed by atoms with van der Waals surface area (Å²) >= 11 is 0. The normalized spacial score (nSPS) is 12.5. The van der Waals surface area contributed by atoms with Crippen molar-refractivity contribution in [2.45, 2.75) is 101 Å². The molecule has 0 amide bonds. The highest BCUT2D eigenvalue weighted by atomic mass is 16.5. The molecule has 40 nitrogen and oxygen atoms in total. The number of aromatic amines is 5. The van der Waals surface area contributed by atoms with E-state index < -0.39 is 107 Å². The molecule has 0 fully saturated rings. The second kappa shape index (κ2) is 40.9. The summed E-state index contributed by atoms with van der Waals surface area (Å²) in [5.74, 6) is -5.61. The Morgan fingerprint density at radius 2 is 1.02 bits per heavy atom. The van der Waals surface area contributed by atoms with Gasteiger partial charge in [-0.1, -0.05) is 30.3 Å². The maximum Gasteiger partial charge on any atom is 0.328 e. The molecule has 7 heterocycles. The number of para-hydroxylation sites is 3. The van der Waals surface area contributed by atoms with Crippen LogP contribution in [-0.2, 0) is 78.6 Å². The van der Waals surface area contributed by atoms with Crippen LogP contribution in [0.25, 0.3) is 27.8 Å². The Balaban J connectivity index is 0.000000255. The fraction of sp³-hybridized carbons (Fsp3) is 0.270.